The number of unbranched alkanes of at least 4 members (excludes halogenated alkanes) is 2. The second kappa shape index (κ2) is 7.58. The highest BCUT2D eigenvalue weighted by atomic mass is 15.2. The third-order valence-corrected chi connectivity index (χ3v) is 3.74. The minimum absolute atomic E-state index is 0.466. The van der Waals surface area contributed by atoms with Crippen molar-refractivity contribution < 1.29 is 0 Å². The van der Waals surface area contributed by atoms with E-state index in [1.165, 1.54) is 32.1 Å². The molecule has 0 bridgehead atoms. The van der Waals surface area contributed by atoms with Crippen LogP contribution < -0.4 is 10.2 Å². The molecule has 0 spiro atoms. The van der Waals surface area contributed by atoms with Crippen LogP contribution in [0.25, 0.3) is 0 Å². The summed E-state index contributed by atoms with van der Waals surface area (Å²) >= 11 is 0. The zero-order chi connectivity index (χ0) is 14.4. The van der Waals surface area contributed by atoms with Crippen LogP contribution in [0.5, 0.6) is 0 Å². The molecule has 1 aromatic rings. The fourth-order valence-corrected chi connectivity index (χ4v) is 2.32. The SMILES string of the molecule is CCCCCN(c1cncc(CNC2CC2)n1)C(C)C. The maximum Gasteiger partial charge on any atom is 0.147 e. The van der Waals surface area contributed by atoms with E-state index in [1.54, 1.807) is 0 Å². The Morgan fingerprint density at radius 1 is 1.30 bits per heavy atom. The fourth-order valence-electron chi connectivity index (χ4n) is 2.32. The van der Waals surface area contributed by atoms with E-state index in [1.807, 2.05) is 12.4 Å². The second-order valence-electron chi connectivity index (χ2n) is 6.02. The van der Waals surface area contributed by atoms with Crippen LogP contribution in [0.15, 0.2) is 12.4 Å². The molecule has 1 saturated carbocycles. The third kappa shape index (κ3) is 4.75. The van der Waals surface area contributed by atoms with Gasteiger partial charge in [0.15, 0.2) is 0 Å². The molecule has 4 nitrogen and oxygen atoms in total. The van der Waals surface area contributed by atoms with Gasteiger partial charge in [-0.25, -0.2) is 4.98 Å². The molecule has 1 fully saturated rings. The van der Waals surface area contributed by atoms with Crippen molar-refractivity contribution in [1.82, 2.24) is 15.3 Å². The number of aromatic nitrogens is 2. The summed E-state index contributed by atoms with van der Waals surface area (Å²) in [6.07, 6.45) is 10.1. The lowest BCUT2D eigenvalue weighted by Crippen LogP contribution is -2.33. The van der Waals surface area contributed by atoms with Gasteiger partial charge in [0, 0.05) is 31.4 Å². The molecular weight excluding hydrogens is 248 g/mol. The summed E-state index contributed by atoms with van der Waals surface area (Å²) < 4.78 is 0. The Kier molecular flexibility index (Phi) is 5.77. The van der Waals surface area contributed by atoms with E-state index in [2.05, 4.69) is 36.0 Å². The predicted molar refractivity (Wildman–Crippen MR) is 83.9 cm³/mol. The first-order valence-corrected chi connectivity index (χ1v) is 8.01. The molecule has 0 aromatic carbocycles. The number of hydrogen-bond acceptors (Lipinski definition) is 4. The molecule has 1 heterocycles. The highest BCUT2D eigenvalue weighted by molar-refractivity contribution is 5.37. The van der Waals surface area contributed by atoms with Gasteiger partial charge in [-0.2, -0.15) is 0 Å². The first-order valence-electron chi connectivity index (χ1n) is 8.01. The van der Waals surface area contributed by atoms with Crippen molar-refractivity contribution in [1.29, 1.82) is 0 Å². The van der Waals surface area contributed by atoms with Crippen molar-refractivity contribution in [2.75, 3.05) is 11.4 Å². The Morgan fingerprint density at radius 3 is 2.75 bits per heavy atom. The Hall–Kier alpha value is -1.16. The normalized spacial score (nSPS) is 14.8. The summed E-state index contributed by atoms with van der Waals surface area (Å²) in [4.78, 5) is 11.5. The van der Waals surface area contributed by atoms with Crippen LogP contribution in [0.4, 0.5) is 5.82 Å². The quantitative estimate of drug-likeness (QED) is 0.704. The minimum Gasteiger partial charge on any atom is -0.353 e. The Balaban J connectivity index is 1.96. The molecule has 20 heavy (non-hydrogen) atoms. The van der Waals surface area contributed by atoms with Gasteiger partial charge in [-0.05, 0) is 33.1 Å². The molecule has 1 aromatic heterocycles. The molecule has 0 amide bonds. The van der Waals surface area contributed by atoms with E-state index in [9.17, 15) is 0 Å². The van der Waals surface area contributed by atoms with E-state index < -0.39 is 0 Å². The van der Waals surface area contributed by atoms with Gasteiger partial charge in [-0.1, -0.05) is 19.8 Å². The van der Waals surface area contributed by atoms with Crippen molar-refractivity contribution in [2.24, 2.45) is 0 Å². The van der Waals surface area contributed by atoms with Gasteiger partial charge in [0.05, 0.1) is 11.9 Å². The average molecular weight is 276 g/mol. The van der Waals surface area contributed by atoms with Gasteiger partial charge in [0.1, 0.15) is 5.82 Å². The first kappa shape index (κ1) is 15.2. The Morgan fingerprint density at radius 2 is 2.10 bits per heavy atom. The van der Waals surface area contributed by atoms with Gasteiger partial charge >= 0.3 is 0 Å². The molecule has 2 rings (SSSR count). The highest BCUT2D eigenvalue weighted by Crippen LogP contribution is 2.19. The van der Waals surface area contributed by atoms with E-state index in [4.69, 9.17) is 4.98 Å². The van der Waals surface area contributed by atoms with Crippen LogP contribution in [0.2, 0.25) is 0 Å². The summed E-state index contributed by atoms with van der Waals surface area (Å²) in [5.41, 5.74) is 1.05. The van der Waals surface area contributed by atoms with Crippen LogP contribution in [0.1, 0.15) is 58.6 Å². The molecule has 1 aliphatic rings. The topological polar surface area (TPSA) is 41.1 Å². The lowest BCUT2D eigenvalue weighted by atomic mass is 10.2. The molecule has 0 saturated heterocycles. The molecule has 112 valence electrons. The predicted octanol–water partition coefficient (Wildman–Crippen LogP) is 3.13. The summed E-state index contributed by atoms with van der Waals surface area (Å²) in [7, 11) is 0. The van der Waals surface area contributed by atoms with Crippen molar-refractivity contribution in [2.45, 2.75) is 71.5 Å². The lowest BCUT2D eigenvalue weighted by Gasteiger charge is -2.27. The Bertz CT molecular complexity index is 401. The van der Waals surface area contributed by atoms with E-state index in [0.717, 1.165) is 24.6 Å². The second-order valence-corrected chi connectivity index (χ2v) is 6.02. The summed E-state index contributed by atoms with van der Waals surface area (Å²) in [6, 6.07) is 1.18. The van der Waals surface area contributed by atoms with Crippen LogP contribution in [0.3, 0.4) is 0 Å². The van der Waals surface area contributed by atoms with Crippen LogP contribution in [0, 0.1) is 0 Å². The van der Waals surface area contributed by atoms with Crippen molar-refractivity contribution in [3.63, 3.8) is 0 Å². The molecule has 0 atom stereocenters. The molecule has 4 heteroatoms. The van der Waals surface area contributed by atoms with Gasteiger partial charge in [0.2, 0.25) is 0 Å². The Labute approximate surface area is 123 Å². The summed E-state index contributed by atoms with van der Waals surface area (Å²) in [6.45, 7) is 8.60. The molecule has 0 radical (unpaired) electrons. The van der Waals surface area contributed by atoms with Gasteiger partial charge < -0.3 is 10.2 Å². The zero-order valence-electron chi connectivity index (χ0n) is 13.1. The summed E-state index contributed by atoms with van der Waals surface area (Å²) in [5, 5.41) is 3.50. The van der Waals surface area contributed by atoms with Gasteiger partial charge in [-0.15, -0.1) is 0 Å². The molecular formula is C16H28N4. The van der Waals surface area contributed by atoms with Crippen molar-refractivity contribution in [3.05, 3.63) is 18.1 Å². The minimum atomic E-state index is 0.466. The number of anilines is 1. The number of rotatable bonds is 9. The van der Waals surface area contributed by atoms with Gasteiger partial charge in [-0.3, -0.25) is 4.98 Å². The van der Waals surface area contributed by atoms with Crippen LogP contribution in [-0.4, -0.2) is 28.6 Å². The van der Waals surface area contributed by atoms with Crippen molar-refractivity contribution in [3.8, 4) is 0 Å². The molecule has 1 N–H and O–H groups in total. The van der Waals surface area contributed by atoms with Crippen LogP contribution >= 0.6 is 0 Å². The average Bonchev–Trinajstić information content (AvgIpc) is 3.25. The first-order chi connectivity index (χ1) is 9.70. The smallest absolute Gasteiger partial charge is 0.147 e. The largest absolute Gasteiger partial charge is 0.353 e. The molecule has 0 aliphatic heterocycles. The maximum atomic E-state index is 4.77. The maximum absolute atomic E-state index is 4.77. The number of nitrogens with one attached hydrogen (secondary N) is 1. The monoisotopic (exact) mass is 276 g/mol. The van der Waals surface area contributed by atoms with E-state index in [0.29, 0.717) is 12.1 Å². The van der Waals surface area contributed by atoms with Crippen LogP contribution in [-0.2, 0) is 6.54 Å². The lowest BCUT2D eigenvalue weighted by molar-refractivity contribution is 0.613. The number of nitrogens with zero attached hydrogens (tertiary/aromatic N) is 3. The standard InChI is InChI=1S/C16H28N4/c1-4-5-6-9-20(13(2)3)16-12-17-10-15(19-16)11-18-14-7-8-14/h10,12-14,18H,4-9,11H2,1-3H3. The molecule has 1 aliphatic carbocycles. The third-order valence-electron chi connectivity index (χ3n) is 3.74. The van der Waals surface area contributed by atoms with E-state index >= 15 is 0 Å². The van der Waals surface area contributed by atoms with E-state index in [-0.39, 0.29) is 0 Å². The molecule has 0 unspecified atom stereocenters. The van der Waals surface area contributed by atoms with Crippen molar-refractivity contribution >= 4 is 5.82 Å². The zero-order valence-corrected chi connectivity index (χ0v) is 13.1. The highest BCUT2D eigenvalue weighted by Gasteiger charge is 2.20. The fraction of sp³-hybridized carbons (Fsp3) is 0.750. The van der Waals surface area contributed by atoms with Gasteiger partial charge in [0.25, 0.3) is 0 Å². The summed E-state index contributed by atoms with van der Waals surface area (Å²) in [5.74, 6) is 1.02. The number of hydrogen-bond donors (Lipinski definition) is 1.